The molecule has 0 aromatic heterocycles. The molecule has 0 spiro atoms. The van der Waals surface area contributed by atoms with E-state index in [0.29, 0.717) is 12.3 Å². The van der Waals surface area contributed by atoms with Crippen LogP contribution in [0, 0.1) is 5.92 Å². The molecular formula is C15H22N2O. The second-order valence-corrected chi connectivity index (χ2v) is 5.20. The smallest absolute Gasteiger partial charge is 0.226 e. The Labute approximate surface area is 109 Å². The number of benzene rings is 1. The Morgan fingerprint density at radius 3 is 3.06 bits per heavy atom. The van der Waals surface area contributed by atoms with Crippen molar-refractivity contribution in [2.24, 2.45) is 5.92 Å². The lowest BCUT2D eigenvalue weighted by Crippen LogP contribution is -2.30. The molecule has 1 amide bonds. The molecule has 3 nitrogen and oxygen atoms in total. The van der Waals surface area contributed by atoms with Gasteiger partial charge in [-0.15, -0.1) is 0 Å². The van der Waals surface area contributed by atoms with E-state index in [4.69, 9.17) is 5.73 Å². The van der Waals surface area contributed by atoms with Crippen LogP contribution in [0.25, 0.3) is 0 Å². The molecule has 1 aromatic carbocycles. The van der Waals surface area contributed by atoms with Gasteiger partial charge >= 0.3 is 0 Å². The number of carbonyl (C=O) groups excluding carboxylic acids is 1. The maximum Gasteiger partial charge on any atom is 0.226 e. The number of nitrogens with two attached hydrogens (primary N) is 1. The van der Waals surface area contributed by atoms with E-state index in [9.17, 15) is 4.79 Å². The highest BCUT2D eigenvalue weighted by atomic mass is 16.2. The van der Waals surface area contributed by atoms with Crippen LogP contribution in [0.3, 0.4) is 0 Å². The summed E-state index contributed by atoms with van der Waals surface area (Å²) in [5, 5.41) is 0. The van der Waals surface area contributed by atoms with Crippen LogP contribution >= 0.6 is 0 Å². The van der Waals surface area contributed by atoms with Crippen LogP contribution in [0.2, 0.25) is 0 Å². The fraction of sp³-hybridized carbons (Fsp3) is 0.533. The van der Waals surface area contributed by atoms with Gasteiger partial charge in [0.2, 0.25) is 5.91 Å². The first-order valence-electron chi connectivity index (χ1n) is 6.81. The van der Waals surface area contributed by atoms with Gasteiger partial charge in [-0.2, -0.15) is 0 Å². The zero-order valence-electron chi connectivity index (χ0n) is 11.1. The minimum Gasteiger partial charge on any atom is -0.399 e. The monoisotopic (exact) mass is 246 g/mol. The second-order valence-electron chi connectivity index (χ2n) is 5.20. The Morgan fingerprint density at radius 2 is 2.33 bits per heavy atom. The van der Waals surface area contributed by atoms with Gasteiger partial charge in [0.1, 0.15) is 0 Å². The topological polar surface area (TPSA) is 46.3 Å². The van der Waals surface area contributed by atoms with Crippen LogP contribution in [0.4, 0.5) is 5.69 Å². The summed E-state index contributed by atoms with van der Waals surface area (Å²) >= 11 is 0. The largest absolute Gasteiger partial charge is 0.399 e. The summed E-state index contributed by atoms with van der Waals surface area (Å²) in [6, 6.07) is 7.61. The number of likely N-dealkylation sites (tertiary alicyclic amines) is 1. The quantitative estimate of drug-likeness (QED) is 0.829. The van der Waals surface area contributed by atoms with Crippen molar-refractivity contribution in [2.75, 3.05) is 18.8 Å². The van der Waals surface area contributed by atoms with Crippen molar-refractivity contribution >= 4 is 11.6 Å². The van der Waals surface area contributed by atoms with Crippen LogP contribution in [0.5, 0.6) is 0 Å². The summed E-state index contributed by atoms with van der Waals surface area (Å²) in [5.41, 5.74) is 7.46. The lowest BCUT2D eigenvalue weighted by molar-refractivity contribution is -0.129. The van der Waals surface area contributed by atoms with Gasteiger partial charge in [-0.3, -0.25) is 4.79 Å². The minimum atomic E-state index is 0.235. The summed E-state index contributed by atoms with van der Waals surface area (Å²) in [6.07, 6.45) is 4.09. The van der Waals surface area contributed by atoms with E-state index in [-0.39, 0.29) is 5.91 Å². The van der Waals surface area contributed by atoms with Crippen LogP contribution in [0.1, 0.15) is 31.7 Å². The molecule has 0 aliphatic carbocycles. The van der Waals surface area contributed by atoms with Crippen LogP contribution in [-0.2, 0) is 11.2 Å². The Hall–Kier alpha value is -1.51. The van der Waals surface area contributed by atoms with E-state index in [1.54, 1.807) is 0 Å². The van der Waals surface area contributed by atoms with Crippen molar-refractivity contribution in [1.29, 1.82) is 0 Å². The van der Waals surface area contributed by atoms with Gasteiger partial charge in [0.15, 0.2) is 0 Å². The molecule has 18 heavy (non-hydrogen) atoms. The molecule has 1 aliphatic heterocycles. The summed E-state index contributed by atoms with van der Waals surface area (Å²) in [5.74, 6) is 0.944. The van der Waals surface area contributed by atoms with Gasteiger partial charge in [-0.25, -0.2) is 0 Å². The van der Waals surface area contributed by atoms with Crippen molar-refractivity contribution in [3.63, 3.8) is 0 Å². The van der Waals surface area contributed by atoms with Crippen molar-refractivity contribution in [1.82, 2.24) is 4.90 Å². The number of carbonyl (C=O) groups is 1. The van der Waals surface area contributed by atoms with Crippen molar-refractivity contribution in [3.8, 4) is 0 Å². The Bertz CT molecular complexity index is 417. The first kappa shape index (κ1) is 12.9. The highest BCUT2D eigenvalue weighted by Crippen LogP contribution is 2.21. The zero-order chi connectivity index (χ0) is 13.0. The van der Waals surface area contributed by atoms with Gasteiger partial charge in [0.05, 0.1) is 6.42 Å². The van der Waals surface area contributed by atoms with E-state index in [2.05, 4.69) is 6.92 Å². The number of hydrogen-bond acceptors (Lipinski definition) is 2. The number of amides is 1. The van der Waals surface area contributed by atoms with Crippen molar-refractivity contribution in [3.05, 3.63) is 29.8 Å². The highest BCUT2D eigenvalue weighted by molar-refractivity contribution is 5.79. The highest BCUT2D eigenvalue weighted by Gasteiger charge is 2.25. The molecular weight excluding hydrogens is 224 g/mol. The Balaban J connectivity index is 1.89. The molecule has 98 valence electrons. The van der Waals surface area contributed by atoms with Gasteiger partial charge in [0.25, 0.3) is 0 Å². The number of anilines is 1. The predicted molar refractivity (Wildman–Crippen MR) is 74.2 cm³/mol. The second kappa shape index (κ2) is 5.89. The molecule has 0 bridgehead atoms. The fourth-order valence-corrected chi connectivity index (χ4v) is 2.69. The molecule has 2 rings (SSSR count). The molecule has 1 atom stereocenters. The van der Waals surface area contributed by atoms with Crippen LogP contribution in [0.15, 0.2) is 24.3 Å². The summed E-state index contributed by atoms with van der Waals surface area (Å²) < 4.78 is 0. The lowest BCUT2D eigenvalue weighted by Gasteiger charge is -2.16. The standard InChI is InChI=1S/C15H22N2O/c1-2-4-12-7-8-17(11-12)15(18)10-13-5-3-6-14(16)9-13/h3,5-6,9,12H,2,4,7-8,10-11,16H2,1H3. The third-order valence-electron chi connectivity index (χ3n) is 3.64. The van der Waals surface area contributed by atoms with E-state index in [0.717, 1.165) is 30.8 Å². The maximum absolute atomic E-state index is 12.2. The molecule has 3 heteroatoms. The molecule has 0 saturated carbocycles. The Morgan fingerprint density at radius 1 is 1.50 bits per heavy atom. The number of rotatable bonds is 4. The average Bonchev–Trinajstić information content (AvgIpc) is 2.78. The third-order valence-corrected chi connectivity index (χ3v) is 3.64. The van der Waals surface area contributed by atoms with Crippen LogP contribution in [-0.4, -0.2) is 23.9 Å². The number of nitrogen functional groups attached to an aromatic ring is 1. The molecule has 1 unspecified atom stereocenters. The lowest BCUT2D eigenvalue weighted by atomic mass is 10.0. The Kier molecular flexibility index (Phi) is 4.24. The predicted octanol–water partition coefficient (Wildman–Crippen LogP) is 2.46. The van der Waals surface area contributed by atoms with E-state index in [1.807, 2.05) is 29.2 Å². The van der Waals surface area contributed by atoms with E-state index < -0.39 is 0 Å². The summed E-state index contributed by atoms with van der Waals surface area (Å²) in [7, 11) is 0. The van der Waals surface area contributed by atoms with E-state index >= 15 is 0 Å². The molecule has 1 saturated heterocycles. The van der Waals surface area contributed by atoms with Gasteiger partial charge in [-0.1, -0.05) is 25.5 Å². The van der Waals surface area contributed by atoms with Crippen molar-refractivity contribution < 1.29 is 4.79 Å². The summed E-state index contributed by atoms with van der Waals surface area (Å²) in [6.45, 7) is 4.07. The fourth-order valence-electron chi connectivity index (χ4n) is 2.69. The SMILES string of the molecule is CCCC1CCN(C(=O)Cc2cccc(N)c2)C1. The van der Waals surface area contributed by atoms with Crippen molar-refractivity contribution in [2.45, 2.75) is 32.6 Å². The molecule has 1 fully saturated rings. The number of nitrogens with zero attached hydrogens (tertiary/aromatic N) is 1. The molecule has 1 aromatic rings. The van der Waals surface area contributed by atoms with Gasteiger partial charge in [0, 0.05) is 18.8 Å². The van der Waals surface area contributed by atoms with Gasteiger partial charge < -0.3 is 10.6 Å². The first-order valence-corrected chi connectivity index (χ1v) is 6.81. The first-order chi connectivity index (χ1) is 8.69. The molecule has 1 heterocycles. The third kappa shape index (κ3) is 3.25. The van der Waals surface area contributed by atoms with Gasteiger partial charge in [-0.05, 0) is 36.5 Å². The van der Waals surface area contributed by atoms with E-state index in [1.165, 1.54) is 12.8 Å². The normalized spacial score (nSPS) is 19.2. The summed E-state index contributed by atoms with van der Waals surface area (Å²) in [4.78, 5) is 14.2. The minimum absolute atomic E-state index is 0.235. The molecule has 0 radical (unpaired) electrons. The number of hydrogen-bond donors (Lipinski definition) is 1. The average molecular weight is 246 g/mol. The van der Waals surface area contributed by atoms with Crippen LogP contribution < -0.4 is 5.73 Å². The zero-order valence-corrected chi connectivity index (χ0v) is 11.1. The molecule has 2 N–H and O–H groups in total. The maximum atomic E-state index is 12.2. The molecule has 1 aliphatic rings.